The van der Waals surface area contributed by atoms with Gasteiger partial charge in [0, 0.05) is 5.56 Å². The van der Waals surface area contributed by atoms with E-state index in [2.05, 4.69) is 33.8 Å². The fourth-order valence-electron chi connectivity index (χ4n) is 4.66. The van der Waals surface area contributed by atoms with E-state index in [1.165, 1.54) is 0 Å². The maximum Gasteiger partial charge on any atom is 0.311 e. The molecule has 0 bridgehead atoms. The highest BCUT2D eigenvalue weighted by Crippen LogP contribution is 2.59. The zero-order valence-corrected chi connectivity index (χ0v) is 16.2. The second kappa shape index (κ2) is 7.08. The number of nitriles is 1. The average Bonchev–Trinajstić information content (AvgIpc) is 2.59. The molecule has 0 spiro atoms. The van der Waals surface area contributed by atoms with E-state index >= 15 is 0 Å². The highest BCUT2D eigenvalue weighted by Gasteiger charge is 2.57. The van der Waals surface area contributed by atoms with Crippen molar-refractivity contribution in [1.29, 1.82) is 5.26 Å². The topological polar surface area (TPSA) is 59.3 Å². The van der Waals surface area contributed by atoms with Crippen molar-refractivity contribution in [1.82, 2.24) is 0 Å². The summed E-state index contributed by atoms with van der Waals surface area (Å²) >= 11 is 0. The highest BCUT2D eigenvalue weighted by molar-refractivity contribution is 5.76. The lowest BCUT2D eigenvalue weighted by Crippen LogP contribution is -2.54. The summed E-state index contributed by atoms with van der Waals surface area (Å²) in [5, 5.41) is 9.57. The lowest BCUT2D eigenvalue weighted by Gasteiger charge is -2.55. The van der Waals surface area contributed by atoms with Crippen LogP contribution >= 0.6 is 0 Å². The molecule has 4 heteroatoms. The molecule has 2 aromatic rings. The van der Waals surface area contributed by atoms with Crippen LogP contribution in [0.5, 0.6) is 11.5 Å². The number of benzene rings is 2. The predicted octanol–water partition coefficient (Wildman–Crippen LogP) is 5.66. The first-order chi connectivity index (χ1) is 12.7. The van der Waals surface area contributed by atoms with Crippen molar-refractivity contribution in [3.8, 4) is 17.6 Å². The molecule has 4 nitrogen and oxygen atoms in total. The molecule has 0 aliphatic heterocycles. The van der Waals surface area contributed by atoms with Crippen molar-refractivity contribution in [3.63, 3.8) is 0 Å². The maximum absolute atomic E-state index is 12.8. The minimum atomic E-state index is -0.955. The number of nitrogens with zero attached hydrogens (tertiary/aromatic N) is 1. The summed E-state index contributed by atoms with van der Waals surface area (Å²) in [5.74, 6) is 0.777. The molecule has 140 valence electrons. The van der Waals surface area contributed by atoms with Crippen LogP contribution < -0.4 is 4.74 Å². The second-order valence-electron chi connectivity index (χ2n) is 8.52. The van der Waals surface area contributed by atoms with Crippen LogP contribution in [-0.2, 0) is 9.53 Å². The first-order valence-electron chi connectivity index (χ1n) is 9.16. The zero-order valence-electron chi connectivity index (χ0n) is 16.2. The van der Waals surface area contributed by atoms with Crippen LogP contribution in [0.25, 0.3) is 0 Å². The first-order valence-corrected chi connectivity index (χ1v) is 9.16. The Labute approximate surface area is 160 Å². The lowest BCUT2D eigenvalue weighted by atomic mass is 9.48. The van der Waals surface area contributed by atoms with Gasteiger partial charge in [0.05, 0.1) is 5.92 Å². The van der Waals surface area contributed by atoms with E-state index in [1.807, 2.05) is 36.4 Å². The fourth-order valence-corrected chi connectivity index (χ4v) is 4.66. The summed E-state index contributed by atoms with van der Waals surface area (Å²) in [6.07, 6.45) is 0.00113. The Morgan fingerprint density at radius 1 is 1.04 bits per heavy atom. The van der Waals surface area contributed by atoms with E-state index in [-0.39, 0.29) is 22.7 Å². The van der Waals surface area contributed by atoms with Crippen molar-refractivity contribution < 1.29 is 14.3 Å². The monoisotopic (exact) mass is 363 g/mol. The number of esters is 1. The Hall–Kier alpha value is -2.80. The Morgan fingerprint density at radius 3 is 2.26 bits per heavy atom. The number of rotatable bonds is 5. The molecule has 1 aliphatic rings. The molecule has 0 radical (unpaired) electrons. The van der Waals surface area contributed by atoms with Crippen molar-refractivity contribution in [2.75, 3.05) is 0 Å². The van der Waals surface area contributed by atoms with E-state index < -0.39 is 6.10 Å². The smallest absolute Gasteiger partial charge is 0.311 e. The van der Waals surface area contributed by atoms with Gasteiger partial charge in [-0.2, -0.15) is 5.26 Å². The predicted molar refractivity (Wildman–Crippen MR) is 103 cm³/mol. The lowest BCUT2D eigenvalue weighted by molar-refractivity contribution is -0.180. The Bertz CT molecular complexity index is 851. The van der Waals surface area contributed by atoms with Gasteiger partial charge >= 0.3 is 5.97 Å². The molecular formula is C23H25NO3. The maximum atomic E-state index is 12.8. The van der Waals surface area contributed by atoms with Gasteiger partial charge in [0.1, 0.15) is 17.6 Å². The molecule has 1 aliphatic carbocycles. The fraction of sp³-hybridized carbons (Fsp3) is 0.391. The normalized spacial score (nSPS) is 18.6. The van der Waals surface area contributed by atoms with E-state index in [0.717, 1.165) is 6.42 Å². The largest absolute Gasteiger partial charge is 0.457 e. The van der Waals surface area contributed by atoms with Gasteiger partial charge in [-0.15, -0.1) is 0 Å². The SMILES string of the molecule is CC1(C)CC(C)(C)C1C(=O)OC(C#N)c1cccc(Oc2ccccc2)c1. The molecule has 3 rings (SSSR count). The molecule has 1 atom stereocenters. The van der Waals surface area contributed by atoms with Crippen molar-refractivity contribution in [3.05, 3.63) is 60.2 Å². The molecule has 0 N–H and O–H groups in total. The van der Waals surface area contributed by atoms with Crippen LogP contribution in [0.3, 0.4) is 0 Å². The molecule has 2 aromatic carbocycles. The molecule has 0 heterocycles. The van der Waals surface area contributed by atoms with Crippen molar-refractivity contribution in [2.24, 2.45) is 16.7 Å². The third-order valence-electron chi connectivity index (χ3n) is 5.20. The van der Waals surface area contributed by atoms with Crippen molar-refractivity contribution >= 4 is 5.97 Å². The first kappa shape index (κ1) is 19.0. The number of carbonyl (C=O) groups excluding carboxylic acids is 1. The minimum Gasteiger partial charge on any atom is -0.457 e. The van der Waals surface area contributed by atoms with Gasteiger partial charge in [0.15, 0.2) is 0 Å². The Morgan fingerprint density at radius 2 is 1.67 bits per heavy atom. The summed E-state index contributed by atoms with van der Waals surface area (Å²) in [5.41, 5.74) is 0.381. The van der Waals surface area contributed by atoms with Gasteiger partial charge in [0.2, 0.25) is 6.10 Å². The molecule has 1 unspecified atom stereocenters. The van der Waals surface area contributed by atoms with Crippen LogP contribution in [0.15, 0.2) is 54.6 Å². The van der Waals surface area contributed by atoms with Gasteiger partial charge < -0.3 is 9.47 Å². The number of para-hydroxylation sites is 1. The summed E-state index contributed by atoms with van der Waals surface area (Å²) in [7, 11) is 0. The third-order valence-corrected chi connectivity index (χ3v) is 5.20. The summed E-state index contributed by atoms with van der Waals surface area (Å²) < 4.78 is 11.4. The standard InChI is InChI=1S/C23H25NO3/c1-22(2)15-23(3,4)20(22)21(25)27-19(14-24)16-9-8-12-18(13-16)26-17-10-6-5-7-11-17/h5-13,19-20H,15H2,1-4H3. The van der Waals surface area contributed by atoms with Gasteiger partial charge in [-0.3, -0.25) is 4.79 Å². The molecular weight excluding hydrogens is 338 g/mol. The van der Waals surface area contributed by atoms with E-state index in [4.69, 9.17) is 9.47 Å². The van der Waals surface area contributed by atoms with Crippen LogP contribution in [0.2, 0.25) is 0 Å². The van der Waals surface area contributed by atoms with Crippen LogP contribution in [0.1, 0.15) is 45.8 Å². The van der Waals surface area contributed by atoms with Crippen molar-refractivity contribution in [2.45, 2.75) is 40.2 Å². The summed E-state index contributed by atoms with van der Waals surface area (Å²) in [6, 6.07) is 18.6. The minimum absolute atomic E-state index is 0.112. The number of carbonyl (C=O) groups is 1. The van der Waals surface area contributed by atoms with E-state index in [1.54, 1.807) is 18.2 Å². The second-order valence-corrected chi connectivity index (χ2v) is 8.52. The summed E-state index contributed by atoms with van der Waals surface area (Å²) in [4.78, 5) is 12.8. The van der Waals surface area contributed by atoms with Gasteiger partial charge in [-0.25, -0.2) is 0 Å². The highest BCUT2D eigenvalue weighted by atomic mass is 16.5. The molecule has 1 fully saturated rings. The van der Waals surface area contributed by atoms with Gasteiger partial charge in [-0.05, 0) is 41.5 Å². The van der Waals surface area contributed by atoms with E-state index in [9.17, 15) is 10.1 Å². The molecule has 1 saturated carbocycles. The Kier molecular flexibility index (Phi) is 4.97. The van der Waals surface area contributed by atoms with E-state index in [0.29, 0.717) is 17.1 Å². The Balaban J connectivity index is 1.75. The number of hydrogen-bond acceptors (Lipinski definition) is 4. The van der Waals surface area contributed by atoms with Crippen LogP contribution in [0.4, 0.5) is 0 Å². The average molecular weight is 363 g/mol. The molecule has 0 aromatic heterocycles. The van der Waals surface area contributed by atoms with Crippen LogP contribution in [-0.4, -0.2) is 5.97 Å². The third kappa shape index (κ3) is 3.98. The molecule has 0 saturated heterocycles. The number of ether oxygens (including phenoxy) is 2. The molecule has 27 heavy (non-hydrogen) atoms. The summed E-state index contributed by atoms with van der Waals surface area (Å²) in [6.45, 7) is 8.28. The number of hydrogen-bond donors (Lipinski definition) is 0. The molecule has 0 amide bonds. The quantitative estimate of drug-likeness (QED) is 0.643. The van der Waals surface area contributed by atoms with Gasteiger partial charge in [0.25, 0.3) is 0 Å². The zero-order chi connectivity index (χ0) is 19.7. The van der Waals surface area contributed by atoms with Crippen LogP contribution in [0, 0.1) is 28.1 Å². The van der Waals surface area contributed by atoms with Gasteiger partial charge in [-0.1, -0.05) is 58.0 Å².